The minimum atomic E-state index is -4.67. The Kier molecular flexibility index (Phi) is 10.4. The summed E-state index contributed by atoms with van der Waals surface area (Å²) in [5, 5.41) is 11.8. The summed E-state index contributed by atoms with van der Waals surface area (Å²) in [6.45, 7) is 1.22. The zero-order valence-corrected chi connectivity index (χ0v) is 18.8. The van der Waals surface area contributed by atoms with Crippen LogP contribution in [-0.4, -0.2) is 40.1 Å². The van der Waals surface area contributed by atoms with Gasteiger partial charge in [-0.25, -0.2) is 4.57 Å². The zero-order valence-electron chi connectivity index (χ0n) is 17.9. The lowest BCUT2D eigenvalue weighted by atomic mass is 10.00. The third kappa shape index (κ3) is 9.33. The molecule has 0 heterocycles. The van der Waals surface area contributed by atoms with Crippen molar-refractivity contribution in [2.75, 3.05) is 13.2 Å². The average Bonchev–Trinajstić information content (AvgIpc) is 2.76. The highest BCUT2D eigenvalue weighted by Gasteiger charge is 2.19. The lowest BCUT2D eigenvalue weighted by Crippen LogP contribution is -2.40. The van der Waals surface area contributed by atoms with E-state index in [9.17, 15) is 14.5 Å². The molecule has 0 aliphatic rings. The van der Waals surface area contributed by atoms with Crippen LogP contribution in [0.3, 0.4) is 0 Å². The first-order valence-corrected chi connectivity index (χ1v) is 12.2. The number of aliphatic hydroxyl groups excluding tert-OH is 1. The normalized spacial score (nSPS) is 12.5. The Morgan fingerprint density at radius 3 is 2.10 bits per heavy atom. The van der Waals surface area contributed by atoms with E-state index in [0.717, 1.165) is 17.5 Å². The number of unbranched alkanes of at least 4 members (excludes halogenated alkanes) is 4. The molecule has 1 amide bonds. The summed E-state index contributed by atoms with van der Waals surface area (Å²) < 4.78 is 15.1. The van der Waals surface area contributed by atoms with Gasteiger partial charge >= 0.3 is 7.82 Å². The molecule has 0 unspecified atom stereocenters. The van der Waals surface area contributed by atoms with E-state index in [4.69, 9.17) is 9.79 Å². The van der Waals surface area contributed by atoms with Crippen molar-refractivity contribution in [3.8, 4) is 11.1 Å². The molecule has 0 aliphatic heterocycles. The van der Waals surface area contributed by atoms with Crippen molar-refractivity contribution < 1.29 is 28.8 Å². The molecule has 0 saturated carbocycles. The number of phosphoric ester groups is 1. The summed E-state index contributed by atoms with van der Waals surface area (Å²) in [4.78, 5) is 29.8. The molecular formula is C23H32NO6P. The molecule has 0 spiro atoms. The van der Waals surface area contributed by atoms with Gasteiger partial charge in [-0.3, -0.25) is 9.32 Å². The number of rotatable bonds is 13. The predicted octanol–water partition coefficient (Wildman–Crippen LogP) is 4.07. The molecular weight excluding hydrogens is 417 g/mol. The van der Waals surface area contributed by atoms with Crippen LogP contribution in [0.5, 0.6) is 0 Å². The highest BCUT2D eigenvalue weighted by atomic mass is 31.2. The van der Waals surface area contributed by atoms with E-state index in [2.05, 4.69) is 41.0 Å². The molecule has 4 N–H and O–H groups in total. The van der Waals surface area contributed by atoms with Crippen LogP contribution in [-0.2, 0) is 15.5 Å². The fourth-order valence-electron chi connectivity index (χ4n) is 3.21. The fourth-order valence-corrected chi connectivity index (χ4v) is 3.58. The van der Waals surface area contributed by atoms with Gasteiger partial charge in [0.1, 0.15) is 0 Å². The van der Waals surface area contributed by atoms with Crippen LogP contribution in [0.25, 0.3) is 11.1 Å². The second-order valence-corrected chi connectivity index (χ2v) is 8.82. The summed E-state index contributed by atoms with van der Waals surface area (Å²) in [7, 11) is -4.67. The molecule has 0 radical (unpaired) electrons. The van der Waals surface area contributed by atoms with Gasteiger partial charge in [0.15, 0.2) is 0 Å². The van der Waals surface area contributed by atoms with Crippen molar-refractivity contribution in [1.82, 2.24) is 5.32 Å². The van der Waals surface area contributed by atoms with Crippen LogP contribution < -0.4 is 5.32 Å². The predicted molar refractivity (Wildman–Crippen MR) is 121 cm³/mol. The summed E-state index contributed by atoms with van der Waals surface area (Å²) in [5.41, 5.74) is 3.74. The van der Waals surface area contributed by atoms with Gasteiger partial charge in [-0.2, -0.15) is 0 Å². The quantitative estimate of drug-likeness (QED) is 0.271. The van der Waals surface area contributed by atoms with Crippen molar-refractivity contribution >= 4 is 13.7 Å². The van der Waals surface area contributed by atoms with Gasteiger partial charge in [0.25, 0.3) is 5.91 Å². The number of amides is 1. The standard InChI is InChI=1S/C23H32NO6P/c1-2-3-4-5-6-7-18-8-10-19(11-9-18)20-12-14-21(15-13-20)23(26)24-22(16-25)17-30-31(27,28)29/h8-15,22,25H,2-7,16-17H2,1H3,(H,24,26)(H2,27,28,29)/t22-/m1/s1. The van der Waals surface area contributed by atoms with Crippen LogP contribution in [0.4, 0.5) is 0 Å². The molecule has 31 heavy (non-hydrogen) atoms. The Hall–Kier alpha value is -2.02. The van der Waals surface area contributed by atoms with E-state index in [1.54, 1.807) is 12.1 Å². The topological polar surface area (TPSA) is 116 Å². The van der Waals surface area contributed by atoms with Crippen LogP contribution >= 0.6 is 7.82 Å². The van der Waals surface area contributed by atoms with E-state index < -0.39 is 33.0 Å². The summed E-state index contributed by atoms with van der Waals surface area (Å²) >= 11 is 0. The first-order valence-electron chi connectivity index (χ1n) is 10.6. The minimum Gasteiger partial charge on any atom is -0.394 e. The van der Waals surface area contributed by atoms with Gasteiger partial charge in [0, 0.05) is 5.56 Å². The second-order valence-electron chi connectivity index (χ2n) is 7.58. The number of carbonyl (C=O) groups is 1. The maximum Gasteiger partial charge on any atom is 0.469 e. The number of hydrogen-bond acceptors (Lipinski definition) is 4. The number of aryl methyl sites for hydroxylation is 1. The third-order valence-electron chi connectivity index (χ3n) is 5.00. The Morgan fingerprint density at radius 2 is 1.55 bits per heavy atom. The SMILES string of the molecule is CCCCCCCc1ccc(-c2ccc(C(=O)N[C@H](CO)COP(=O)(O)O)cc2)cc1. The maximum absolute atomic E-state index is 12.3. The molecule has 170 valence electrons. The van der Waals surface area contributed by atoms with Crippen LogP contribution in [0.2, 0.25) is 0 Å². The maximum atomic E-state index is 12.3. The number of hydrogen-bond donors (Lipinski definition) is 4. The highest BCUT2D eigenvalue weighted by Crippen LogP contribution is 2.35. The van der Waals surface area contributed by atoms with Crippen LogP contribution in [0.1, 0.15) is 54.9 Å². The van der Waals surface area contributed by atoms with E-state index in [-0.39, 0.29) is 0 Å². The zero-order chi connectivity index (χ0) is 22.7. The van der Waals surface area contributed by atoms with Gasteiger partial charge in [0.2, 0.25) is 0 Å². The van der Waals surface area contributed by atoms with Crippen molar-refractivity contribution in [3.05, 3.63) is 59.7 Å². The van der Waals surface area contributed by atoms with Gasteiger partial charge in [0.05, 0.1) is 19.3 Å². The fraction of sp³-hybridized carbons (Fsp3) is 0.435. The monoisotopic (exact) mass is 449 g/mol. The summed E-state index contributed by atoms with van der Waals surface area (Å²) in [6, 6.07) is 14.5. The van der Waals surface area contributed by atoms with Crippen LogP contribution in [0, 0.1) is 0 Å². The van der Waals surface area contributed by atoms with Crippen molar-refractivity contribution in [2.24, 2.45) is 0 Å². The van der Waals surface area contributed by atoms with Gasteiger partial charge in [-0.1, -0.05) is 69.0 Å². The van der Waals surface area contributed by atoms with Crippen molar-refractivity contribution in [2.45, 2.75) is 51.5 Å². The second kappa shape index (κ2) is 12.7. The minimum absolute atomic E-state index is 0.377. The van der Waals surface area contributed by atoms with Gasteiger partial charge in [-0.15, -0.1) is 0 Å². The third-order valence-corrected chi connectivity index (χ3v) is 5.49. The molecule has 2 aromatic rings. The smallest absolute Gasteiger partial charge is 0.394 e. The molecule has 0 bridgehead atoms. The van der Waals surface area contributed by atoms with E-state index in [1.165, 1.54) is 37.7 Å². The van der Waals surface area contributed by atoms with Gasteiger partial charge < -0.3 is 20.2 Å². The first kappa shape index (κ1) is 25.2. The number of carbonyl (C=O) groups excluding carboxylic acids is 1. The Labute approximate surface area is 183 Å². The van der Waals surface area contributed by atoms with E-state index >= 15 is 0 Å². The van der Waals surface area contributed by atoms with Gasteiger partial charge in [-0.05, 0) is 41.7 Å². The molecule has 0 aliphatic carbocycles. The molecule has 1 atom stereocenters. The lowest BCUT2D eigenvalue weighted by Gasteiger charge is -2.16. The average molecular weight is 449 g/mol. The largest absolute Gasteiger partial charge is 0.469 e. The Morgan fingerprint density at radius 1 is 0.968 bits per heavy atom. The molecule has 0 saturated heterocycles. The number of phosphoric acid groups is 1. The van der Waals surface area contributed by atoms with E-state index in [1.807, 2.05) is 12.1 Å². The molecule has 2 rings (SSSR count). The number of aliphatic hydroxyl groups is 1. The summed E-state index contributed by atoms with van der Waals surface area (Å²) in [6.07, 6.45) is 7.40. The molecule has 0 aromatic heterocycles. The summed E-state index contributed by atoms with van der Waals surface area (Å²) in [5.74, 6) is -0.460. The molecule has 2 aromatic carbocycles. The number of nitrogens with one attached hydrogen (secondary N) is 1. The van der Waals surface area contributed by atoms with Crippen LogP contribution in [0.15, 0.2) is 48.5 Å². The van der Waals surface area contributed by atoms with Crippen molar-refractivity contribution in [3.63, 3.8) is 0 Å². The first-order chi connectivity index (χ1) is 14.8. The number of benzene rings is 2. The van der Waals surface area contributed by atoms with Crippen molar-refractivity contribution in [1.29, 1.82) is 0 Å². The molecule has 7 nitrogen and oxygen atoms in total. The molecule has 0 fully saturated rings. The molecule has 8 heteroatoms. The lowest BCUT2D eigenvalue weighted by molar-refractivity contribution is 0.0867. The van der Waals surface area contributed by atoms with E-state index in [0.29, 0.717) is 5.56 Å². The Balaban J connectivity index is 1.90. The highest BCUT2D eigenvalue weighted by molar-refractivity contribution is 7.46. The Bertz CT molecular complexity index is 847.